The van der Waals surface area contributed by atoms with Gasteiger partial charge in [0.05, 0.1) is 37.1 Å². The van der Waals surface area contributed by atoms with Gasteiger partial charge < -0.3 is 50.5 Å². The van der Waals surface area contributed by atoms with E-state index in [1.54, 1.807) is 23.9 Å². The van der Waals surface area contributed by atoms with Crippen molar-refractivity contribution in [1.82, 2.24) is 70.9 Å². The molecule has 4 amide bonds. The zero-order chi connectivity index (χ0) is 45.3. The molecule has 0 aromatic carbocycles. The fourth-order valence-electron chi connectivity index (χ4n) is 7.74. The van der Waals surface area contributed by atoms with E-state index in [9.17, 15) is 19.2 Å². The van der Waals surface area contributed by atoms with Crippen LogP contribution in [0, 0.1) is 0 Å². The van der Waals surface area contributed by atoms with Crippen LogP contribution in [0.5, 0.6) is 0 Å². The molecule has 0 radical (unpaired) electrons. The molecule has 340 valence electrons. The summed E-state index contributed by atoms with van der Waals surface area (Å²) in [6, 6.07) is 3.74. The number of hydrogen-bond donors (Lipinski definition) is 8. The highest BCUT2D eigenvalue weighted by atomic mass is 16.6. The number of aromatic nitrogens is 12. The van der Waals surface area contributed by atoms with Gasteiger partial charge in [-0.15, -0.1) is 0 Å². The first-order chi connectivity index (χ1) is 30.8. The molecular weight excluding hydrogens is 829 g/mol. The minimum absolute atomic E-state index is 0.0381. The van der Waals surface area contributed by atoms with Gasteiger partial charge in [0.25, 0.3) is 0 Å². The van der Waals surface area contributed by atoms with E-state index in [4.69, 9.17) is 9.47 Å². The molecule has 0 bridgehead atoms. The molecule has 6 heterocycles. The Labute approximate surface area is 367 Å². The highest BCUT2D eigenvalue weighted by molar-refractivity contribution is 5.95. The highest BCUT2D eigenvalue weighted by Crippen LogP contribution is 2.37. The summed E-state index contributed by atoms with van der Waals surface area (Å²) < 4.78 is 11.0. The smallest absolute Gasteiger partial charge is 0.407 e. The number of H-pyrrole nitrogens is 4. The molecule has 64 heavy (non-hydrogen) atoms. The summed E-state index contributed by atoms with van der Waals surface area (Å²) in [5.74, 6) is 2.14. The lowest BCUT2D eigenvalue weighted by molar-refractivity contribution is -0.115. The fraction of sp³-hybridized carbons (Fsp3) is 0.500. The lowest BCUT2D eigenvalue weighted by atomic mass is 10.0. The van der Waals surface area contributed by atoms with Crippen molar-refractivity contribution in [1.29, 1.82) is 0 Å². The molecular formula is C40H54N18O6. The molecule has 6 aromatic rings. The van der Waals surface area contributed by atoms with Gasteiger partial charge in [-0.1, -0.05) is 0 Å². The maximum absolute atomic E-state index is 12.5. The second-order valence-electron chi connectivity index (χ2n) is 16.5. The third-order valence-electron chi connectivity index (χ3n) is 10.6. The van der Waals surface area contributed by atoms with Gasteiger partial charge in [0.15, 0.2) is 22.9 Å². The number of ether oxygens (including phenoxy) is 2. The minimum Gasteiger partial charge on any atom is -0.446 e. The molecule has 2 aliphatic carbocycles. The van der Waals surface area contributed by atoms with Crippen LogP contribution >= 0.6 is 0 Å². The molecule has 0 unspecified atom stereocenters. The highest BCUT2D eigenvalue weighted by Gasteiger charge is 2.32. The number of hydrogen-bond acceptors (Lipinski definition) is 16. The molecule has 2 aliphatic rings. The quantitative estimate of drug-likeness (QED) is 0.0770. The molecule has 24 nitrogen and oxygen atoms in total. The van der Waals surface area contributed by atoms with Crippen molar-refractivity contribution < 1.29 is 28.7 Å². The topological polar surface area (TPSA) is 308 Å². The lowest BCUT2D eigenvalue weighted by Gasteiger charge is -2.17. The third-order valence-corrected chi connectivity index (χ3v) is 10.6. The van der Waals surface area contributed by atoms with E-state index in [-0.39, 0.29) is 73.2 Å². The van der Waals surface area contributed by atoms with Crippen LogP contribution in [0.4, 0.5) is 32.9 Å². The summed E-state index contributed by atoms with van der Waals surface area (Å²) in [4.78, 5) is 82.9. The number of carbonyl (C=O) groups excluding carboxylic acids is 4. The van der Waals surface area contributed by atoms with Gasteiger partial charge in [0, 0.05) is 50.1 Å². The Bertz CT molecular complexity index is 2360. The molecule has 8 N–H and O–H groups in total. The van der Waals surface area contributed by atoms with Crippen LogP contribution in [-0.4, -0.2) is 136 Å². The number of nitrogens with zero attached hydrogens (tertiary/aromatic N) is 10. The van der Waals surface area contributed by atoms with Crippen molar-refractivity contribution in [3.8, 4) is 0 Å². The zero-order valence-electron chi connectivity index (χ0n) is 36.5. The number of likely N-dealkylation sites (N-methyl/N-ethyl adjacent to an activating group) is 2. The first kappa shape index (κ1) is 44.6. The molecule has 2 fully saturated rings. The van der Waals surface area contributed by atoms with Gasteiger partial charge in [0.2, 0.25) is 11.8 Å². The Morgan fingerprint density at radius 3 is 1.47 bits per heavy atom. The number of alkyl carbamates (subject to hydrolysis) is 2. The van der Waals surface area contributed by atoms with Gasteiger partial charge in [-0.25, -0.2) is 39.5 Å². The van der Waals surface area contributed by atoms with E-state index in [0.717, 1.165) is 37.1 Å². The van der Waals surface area contributed by atoms with Crippen molar-refractivity contribution in [3.63, 3.8) is 0 Å². The summed E-state index contributed by atoms with van der Waals surface area (Å²) >= 11 is 0. The van der Waals surface area contributed by atoms with E-state index in [1.807, 2.05) is 39.8 Å². The Kier molecular flexibility index (Phi) is 14.1. The van der Waals surface area contributed by atoms with Crippen molar-refractivity contribution in [3.05, 3.63) is 48.8 Å². The SMILES string of the molecule is CC(C)NC(=O)O[C@@H]1CC[C@H](c2cc(NC(=O)CN(C)c3ncnc4nc[nH]c34)[nH]n2)C1.CC(C)NC(=O)O[C@H]1CC[C@@H](c2cc(NC(=O)CN(C)c3ncnc4nc[nH]c34)[nH]n2)C1. The van der Waals surface area contributed by atoms with Crippen molar-refractivity contribution in [2.45, 2.75) is 102 Å². The summed E-state index contributed by atoms with van der Waals surface area (Å²) in [6.45, 7) is 7.74. The second-order valence-corrected chi connectivity index (χ2v) is 16.5. The number of anilines is 4. The maximum Gasteiger partial charge on any atom is 0.407 e. The van der Waals surface area contributed by atoms with E-state index in [2.05, 4.69) is 81.5 Å². The molecule has 8 rings (SSSR count). The largest absolute Gasteiger partial charge is 0.446 e. The standard InChI is InChI=1S/2C20H27N9O3/c2*1-11(2)25-20(31)32-13-5-4-12(6-13)14-7-15(28-27-14)26-16(30)8-29(3)19-17-18(22-9-21-17)23-10-24-19/h2*7,9-13H,4-6,8H2,1-3H3,(H,25,31)(H,21,22,23,24)(H2,26,27,28,30)/t2*12-,13+/m10/s1. The first-order valence-corrected chi connectivity index (χ1v) is 21.1. The number of aromatic amines is 4. The molecule has 0 saturated heterocycles. The van der Waals surface area contributed by atoms with Crippen LogP contribution in [0.1, 0.15) is 89.4 Å². The fourth-order valence-corrected chi connectivity index (χ4v) is 7.74. The van der Waals surface area contributed by atoms with Gasteiger partial charge in [-0.2, -0.15) is 10.2 Å². The second kappa shape index (κ2) is 20.2. The molecule has 6 aromatic heterocycles. The molecule has 2 saturated carbocycles. The minimum atomic E-state index is -0.388. The Morgan fingerprint density at radius 1 is 0.641 bits per heavy atom. The maximum atomic E-state index is 12.5. The molecule has 0 aliphatic heterocycles. The van der Waals surface area contributed by atoms with E-state index in [0.29, 0.717) is 58.4 Å². The van der Waals surface area contributed by atoms with Crippen molar-refractivity contribution in [2.24, 2.45) is 0 Å². The number of nitrogens with one attached hydrogen (secondary N) is 8. The van der Waals surface area contributed by atoms with E-state index >= 15 is 0 Å². The summed E-state index contributed by atoms with van der Waals surface area (Å²) in [6.07, 6.45) is 9.61. The van der Waals surface area contributed by atoms with Crippen LogP contribution < -0.4 is 31.1 Å². The lowest BCUT2D eigenvalue weighted by Crippen LogP contribution is -2.33. The zero-order valence-corrected chi connectivity index (χ0v) is 36.5. The Balaban J connectivity index is 0.000000191. The van der Waals surface area contributed by atoms with Gasteiger partial charge >= 0.3 is 12.2 Å². The third kappa shape index (κ3) is 11.5. The van der Waals surface area contributed by atoms with Crippen LogP contribution in [0.15, 0.2) is 37.4 Å². The van der Waals surface area contributed by atoms with Gasteiger partial charge in [-0.05, 0) is 66.2 Å². The van der Waals surface area contributed by atoms with Gasteiger partial charge in [-0.3, -0.25) is 19.8 Å². The predicted octanol–water partition coefficient (Wildman–Crippen LogP) is 3.84. The number of imidazole rings is 2. The van der Waals surface area contributed by atoms with Crippen molar-refractivity contribution >= 4 is 69.6 Å². The summed E-state index contributed by atoms with van der Waals surface area (Å²) in [5.41, 5.74) is 4.12. The first-order valence-electron chi connectivity index (χ1n) is 21.1. The normalized spacial score (nSPS) is 18.1. The van der Waals surface area contributed by atoms with Crippen LogP contribution in [0.25, 0.3) is 22.3 Å². The van der Waals surface area contributed by atoms with E-state index in [1.165, 1.54) is 25.3 Å². The van der Waals surface area contributed by atoms with E-state index < -0.39 is 0 Å². The van der Waals surface area contributed by atoms with Crippen LogP contribution in [0.2, 0.25) is 0 Å². The van der Waals surface area contributed by atoms with Crippen molar-refractivity contribution in [2.75, 3.05) is 47.6 Å². The number of rotatable bonds is 14. The summed E-state index contributed by atoms with van der Waals surface area (Å²) in [7, 11) is 3.55. The van der Waals surface area contributed by atoms with Crippen LogP contribution in [0.3, 0.4) is 0 Å². The average molecular weight is 883 g/mol. The van der Waals surface area contributed by atoms with Gasteiger partial charge in [0.1, 0.15) is 47.5 Å². The molecule has 4 atom stereocenters. The summed E-state index contributed by atoms with van der Waals surface area (Å²) in [5, 5.41) is 25.6. The number of amides is 4. The van der Waals surface area contributed by atoms with Crippen LogP contribution in [-0.2, 0) is 19.1 Å². The predicted molar refractivity (Wildman–Crippen MR) is 235 cm³/mol. The Morgan fingerprint density at radius 2 is 1.06 bits per heavy atom. The molecule has 0 spiro atoms. The number of carbonyl (C=O) groups is 4. The average Bonchev–Trinajstić information content (AvgIpc) is 4.09. The molecule has 24 heteroatoms. The number of fused-ring (bicyclic) bond motifs is 2. The monoisotopic (exact) mass is 882 g/mol. The Hall–Kier alpha value is -7.40.